The Bertz CT molecular complexity index is 1080. The number of fused-ring (bicyclic) bond motifs is 1. The molecule has 26 heavy (non-hydrogen) atoms. The van der Waals surface area contributed by atoms with Crippen molar-refractivity contribution >= 4 is 42.4 Å². The Kier molecular flexibility index (Phi) is 4.07. The van der Waals surface area contributed by atoms with Gasteiger partial charge in [-0.05, 0) is 32.4 Å². The molecule has 0 aliphatic carbocycles. The van der Waals surface area contributed by atoms with Crippen LogP contribution in [0.4, 0.5) is 5.13 Å². The second-order valence-electron chi connectivity index (χ2n) is 6.49. The van der Waals surface area contributed by atoms with E-state index in [9.17, 15) is 13.2 Å². The molecule has 7 nitrogen and oxygen atoms in total. The molecule has 1 saturated heterocycles. The Balaban J connectivity index is 1.62. The van der Waals surface area contributed by atoms with Gasteiger partial charge >= 0.3 is 0 Å². The molecule has 0 saturated carbocycles. The summed E-state index contributed by atoms with van der Waals surface area (Å²) in [6, 6.07) is 7.48. The molecule has 0 radical (unpaired) electrons. The number of nitrogens with one attached hydrogen (secondary N) is 1. The summed E-state index contributed by atoms with van der Waals surface area (Å²) < 4.78 is 26.2. The lowest BCUT2D eigenvalue weighted by atomic mass is 10.1. The number of rotatable bonds is 3. The van der Waals surface area contributed by atoms with Gasteiger partial charge in [-0.2, -0.15) is 5.10 Å². The molecule has 0 bridgehead atoms. The highest BCUT2D eigenvalue weighted by Gasteiger charge is 2.32. The third-order valence-electron chi connectivity index (χ3n) is 4.62. The van der Waals surface area contributed by atoms with Crippen molar-refractivity contribution in [3.05, 3.63) is 41.2 Å². The maximum Gasteiger partial charge on any atom is 0.261 e. The summed E-state index contributed by atoms with van der Waals surface area (Å²) in [6.07, 6.45) is 0.531. The number of carbonyl (C=O) groups is 1. The topological polar surface area (TPSA) is 94.0 Å². The Hall–Kier alpha value is -2.26. The predicted molar refractivity (Wildman–Crippen MR) is 102 cm³/mol. The minimum Gasteiger partial charge on any atom is -0.298 e. The first-order valence-electron chi connectivity index (χ1n) is 8.27. The molecule has 1 atom stereocenters. The van der Waals surface area contributed by atoms with Crippen LogP contribution < -0.4 is 5.32 Å². The number of sulfone groups is 1. The lowest BCUT2D eigenvalue weighted by molar-refractivity contribution is 0.102. The first-order chi connectivity index (χ1) is 12.3. The molecule has 3 aromatic rings. The monoisotopic (exact) mass is 390 g/mol. The molecule has 1 amide bonds. The lowest BCUT2D eigenvalue weighted by Gasteiger charge is -2.11. The van der Waals surface area contributed by atoms with Gasteiger partial charge in [-0.25, -0.2) is 13.4 Å². The molecule has 1 N–H and O–H groups in total. The number of anilines is 1. The average Bonchev–Trinajstić information content (AvgIpc) is 3.22. The standard InChI is InChI=1S/C17H18N4O3S2/c1-10-15(11(2)21(20-10)12-7-8-26(23,24)9-12)16(22)19-17-18-13-5-3-4-6-14(13)25-17/h3-6,12H,7-9H2,1-2H3,(H,18,19,22)/t12-/m0/s1. The Morgan fingerprint density at radius 2 is 2.08 bits per heavy atom. The van der Waals surface area contributed by atoms with Gasteiger partial charge in [0.15, 0.2) is 15.0 Å². The van der Waals surface area contributed by atoms with Crippen LogP contribution >= 0.6 is 11.3 Å². The number of benzene rings is 1. The van der Waals surface area contributed by atoms with Crippen molar-refractivity contribution < 1.29 is 13.2 Å². The number of amides is 1. The zero-order chi connectivity index (χ0) is 18.5. The van der Waals surface area contributed by atoms with Gasteiger partial charge in [0.25, 0.3) is 5.91 Å². The number of nitrogens with zero attached hydrogens (tertiary/aromatic N) is 3. The summed E-state index contributed by atoms with van der Waals surface area (Å²) in [4.78, 5) is 17.2. The molecular weight excluding hydrogens is 372 g/mol. The van der Waals surface area contributed by atoms with Crippen molar-refractivity contribution in [1.29, 1.82) is 0 Å². The highest BCUT2D eigenvalue weighted by atomic mass is 32.2. The van der Waals surface area contributed by atoms with Crippen LogP contribution in [0.1, 0.15) is 34.2 Å². The second-order valence-corrected chi connectivity index (χ2v) is 9.75. The molecule has 1 aliphatic rings. The van der Waals surface area contributed by atoms with Crippen LogP contribution in [0.15, 0.2) is 24.3 Å². The summed E-state index contributed by atoms with van der Waals surface area (Å²) in [5, 5.41) is 7.82. The van der Waals surface area contributed by atoms with E-state index in [1.807, 2.05) is 24.3 Å². The Morgan fingerprint density at radius 1 is 1.31 bits per heavy atom. The first-order valence-corrected chi connectivity index (χ1v) is 10.9. The molecule has 9 heteroatoms. The van der Waals surface area contributed by atoms with Crippen LogP contribution in [-0.4, -0.2) is 40.6 Å². The molecule has 2 aromatic heterocycles. The number of para-hydroxylation sites is 1. The minimum absolute atomic E-state index is 0.0773. The van der Waals surface area contributed by atoms with E-state index in [-0.39, 0.29) is 23.5 Å². The van der Waals surface area contributed by atoms with Gasteiger partial charge in [0.05, 0.1) is 39.0 Å². The molecule has 0 unspecified atom stereocenters. The summed E-state index contributed by atoms with van der Waals surface area (Å²) in [7, 11) is -3.02. The van der Waals surface area contributed by atoms with Gasteiger partial charge in [-0.1, -0.05) is 23.5 Å². The van der Waals surface area contributed by atoms with Crippen molar-refractivity contribution in [2.45, 2.75) is 26.3 Å². The summed E-state index contributed by atoms with van der Waals surface area (Å²) >= 11 is 1.41. The van der Waals surface area contributed by atoms with E-state index in [0.717, 1.165) is 10.2 Å². The fourth-order valence-electron chi connectivity index (χ4n) is 3.40. The number of aromatic nitrogens is 3. The Morgan fingerprint density at radius 3 is 2.77 bits per heavy atom. The van der Waals surface area contributed by atoms with E-state index < -0.39 is 9.84 Å². The number of carbonyl (C=O) groups excluding carboxylic acids is 1. The van der Waals surface area contributed by atoms with E-state index in [0.29, 0.717) is 28.5 Å². The SMILES string of the molecule is Cc1nn([C@H]2CCS(=O)(=O)C2)c(C)c1C(=O)Nc1nc2ccccc2s1. The fraction of sp³-hybridized carbons (Fsp3) is 0.353. The van der Waals surface area contributed by atoms with Gasteiger partial charge in [0.1, 0.15) is 0 Å². The van der Waals surface area contributed by atoms with Crippen LogP contribution in [0, 0.1) is 13.8 Å². The second kappa shape index (κ2) is 6.17. The minimum atomic E-state index is -3.02. The van der Waals surface area contributed by atoms with Gasteiger partial charge in [0, 0.05) is 5.69 Å². The number of aryl methyl sites for hydroxylation is 1. The summed E-state index contributed by atoms with van der Waals surface area (Å²) in [6.45, 7) is 3.57. The van der Waals surface area contributed by atoms with Crippen LogP contribution in [0.3, 0.4) is 0 Å². The third-order valence-corrected chi connectivity index (χ3v) is 7.32. The summed E-state index contributed by atoms with van der Waals surface area (Å²) in [5.41, 5.74) is 2.59. The highest BCUT2D eigenvalue weighted by Crippen LogP contribution is 2.29. The van der Waals surface area contributed by atoms with E-state index in [4.69, 9.17) is 0 Å². The quantitative estimate of drug-likeness (QED) is 0.742. The lowest BCUT2D eigenvalue weighted by Crippen LogP contribution is -2.16. The van der Waals surface area contributed by atoms with Gasteiger partial charge in [-0.3, -0.25) is 14.8 Å². The van der Waals surface area contributed by atoms with Crippen molar-refractivity contribution in [2.75, 3.05) is 16.8 Å². The zero-order valence-corrected chi connectivity index (χ0v) is 16.0. The van der Waals surface area contributed by atoms with Crippen LogP contribution in [0.5, 0.6) is 0 Å². The molecule has 3 heterocycles. The first kappa shape index (κ1) is 17.2. The van der Waals surface area contributed by atoms with Crippen molar-refractivity contribution in [3.63, 3.8) is 0 Å². The fourth-order valence-corrected chi connectivity index (χ4v) is 5.95. The zero-order valence-electron chi connectivity index (χ0n) is 14.4. The number of hydrogen-bond acceptors (Lipinski definition) is 6. The highest BCUT2D eigenvalue weighted by molar-refractivity contribution is 7.91. The Labute approximate surface area is 155 Å². The van der Waals surface area contributed by atoms with E-state index >= 15 is 0 Å². The van der Waals surface area contributed by atoms with E-state index in [1.54, 1.807) is 18.5 Å². The van der Waals surface area contributed by atoms with Gasteiger partial charge in [0.2, 0.25) is 0 Å². The maximum absolute atomic E-state index is 12.8. The predicted octanol–water partition coefficient (Wildman–Crippen LogP) is 2.72. The van der Waals surface area contributed by atoms with Crippen LogP contribution in [0.25, 0.3) is 10.2 Å². The van der Waals surface area contributed by atoms with Gasteiger partial charge < -0.3 is 0 Å². The van der Waals surface area contributed by atoms with E-state index in [1.165, 1.54) is 11.3 Å². The van der Waals surface area contributed by atoms with Crippen molar-refractivity contribution in [2.24, 2.45) is 0 Å². The van der Waals surface area contributed by atoms with Gasteiger partial charge in [-0.15, -0.1) is 0 Å². The largest absolute Gasteiger partial charge is 0.298 e. The normalized spacial score (nSPS) is 19.1. The van der Waals surface area contributed by atoms with Crippen LogP contribution in [-0.2, 0) is 9.84 Å². The molecule has 1 aromatic carbocycles. The molecule has 1 aliphatic heterocycles. The van der Waals surface area contributed by atoms with Crippen molar-refractivity contribution in [3.8, 4) is 0 Å². The molecule has 136 valence electrons. The number of thiazole rings is 1. The summed E-state index contributed by atoms with van der Waals surface area (Å²) in [5.74, 6) is -0.0249. The average molecular weight is 390 g/mol. The van der Waals surface area contributed by atoms with E-state index in [2.05, 4.69) is 15.4 Å². The number of hydrogen-bond donors (Lipinski definition) is 1. The maximum atomic E-state index is 12.8. The third kappa shape index (κ3) is 3.01. The molecular formula is C17H18N4O3S2. The van der Waals surface area contributed by atoms with Crippen molar-refractivity contribution in [1.82, 2.24) is 14.8 Å². The molecule has 0 spiro atoms. The molecule has 1 fully saturated rings. The molecule has 4 rings (SSSR count). The van der Waals surface area contributed by atoms with Crippen LogP contribution in [0.2, 0.25) is 0 Å². The smallest absolute Gasteiger partial charge is 0.261 e.